The van der Waals surface area contributed by atoms with Crippen molar-refractivity contribution in [2.75, 3.05) is 25.5 Å². The Kier molecular flexibility index (Phi) is 5.78. The monoisotopic (exact) mass is 418 g/mol. The van der Waals surface area contributed by atoms with E-state index in [1.54, 1.807) is 12.1 Å². The third-order valence-electron chi connectivity index (χ3n) is 3.38. The van der Waals surface area contributed by atoms with Crippen LogP contribution in [0.3, 0.4) is 0 Å². The van der Waals surface area contributed by atoms with Gasteiger partial charge >= 0.3 is 5.97 Å². The first kappa shape index (κ1) is 16.5. The van der Waals surface area contributed by atoms with E-state index in [2.05, 4.69) is 42.5 Å². The maximum absolute atomic E-state index is 12.3. The van der Waals surface area contributed by atoms with Crippen molar-refractivity contribution < 1.29 is 14.3 Å². The Bertz CT molecular complexity index is 557. The normalized spacial score (nSPS) is 18.1. The molecular weight excluding hydrogens is 404 g/mol. The molecule has 0 aliphatic carbocycles. The molecule has 1 aliphatic heterocycles. The molecule has 0 saturated carbocycles. The van der Waals surface area contributed by atoms with Gasteiger partial charge in [0.2, 0.25) is 5.91 Å². The fourth-order valence-electron chi connectivity index (χ4n) is 2.27. The Labute approximate surface area is 140 Å². The van der Waals surface area contributed by atoms with Crippen molar-refractivity contribution >= 4 is 49.4 Å². The van der Waals surface area contributed by atoms with E-state index in [0.29, 0.717) is 22.3 Å². The number of amides is 1. The van der Waals surface area contributed by atoms with E-state index in [1.165, 1.54) is 7.11 Å². The number of rotatable bonds is 3. The summed E-state index contributed by atoms with van der Waals surface area (Å²) >= 11 is 6.71. The number of anilines is 1. The number of ether oxygens (including phenoxy) is 1. The van der Waals surface area contributed by atoms with Crippen LogP contribution in [0.2, 0.25) is 0 Å². The van der Waals surface area contributed by atoms with E-state index >= 15 is 0 Å². The molecule has 1 aliphatic rings. The minimum Gasteiger partial charge on any atom is -0.465 e. The number of benzene rings is 1. The number of piperidine rings is 1. The summed E-state index contributed by atoms with van der Waals surface area (Å²) in [7, 11) is 1.31. The second-order valence-electron chi connectivity index (χ2n) is 4.83. The Morgan fingerprint density at radius 1 is 1.38 bits per heavy atom. The Morgan fingerprint density at radius 2 is 2.14 bits per heavy atom. The van der Waals surface area contributed by atoms with Crippen LogP contribution in [0.15, 0.2) is 21.1 Å². The van der Waals surface area contributed by atoms with E-state index in [0.717, 1.165) is 23.9 Å². The van der Waals surface area contributed by atoms with Crippen molar-refractivity contribution in [1.82, 2.24) is 5.32 Å². The molecule has 1 fully saturated rings. The van der Waals surface area contributed by atoms with Crippen LogP contribution in [0, 0.1) is 5.92 Å². The zero-order valence-electron chi connectivity index (χ0n) is 11.5. The average molecular weight is 420 g/mol. The molecule has 1 saturated heterocycles. The van der Waals surface area contributed by atoms with Gasteiger partial charge in [0.25, 0.3) is 0 Å². The number of carbonyl (C=O) groups excluding carboxylic acids is 2. The third kappa shape index (κ3) is 4.05. The predicted octanol–water partition coefficient (Wildman–Crippen LogP) is 2.94. The summed E-state index contributed by atoms with van der Waals surface area (Å²) in [4.78, 5) is 24.2. The van der Waals surface area contributed by atoms with E-state index in [1.807, 2.05) is 0 Å². The molecule has 0 bridgehead atoms. The highest BCUT2D eigenvalue weighted by Crippen LogP contribution is 2.32. The summed E-state index contributed by atoms with van der Waals surface area (Å²) in [6.45, 7) is 1.60. The molecular formula is C14H16Br2N2O3. The molecule has 5 nitrogen and oxygen atoms in total. The second kappa shape index (κ2) is 7.38. The Balaban J connectivity index is 2.25. The van der Waals surface area contributed by atoms with Crippen LogP contribution in [0.5, 0.6) is 0 Å². The topological polar surface area (TPSA) is 67.4 Å². The first-order chi connectivity index (χ1) is 10.0. The first-order valence-corrected chi connectivity index (χ1v) is 8.20. The van der Waals surface area contributed by atoms with Crippen molar-refractivity contribution in [1.29, 1.82) is 0 Å². The maximum atomic E-state index is 12.3. The number of hydrogen-bond donors (Lipinski definition) is 2. The molecule has 1 heterocycles. The zero-order chi connectivity index (χ0) is 15.4. The van der Waals surface area contributed by atoms with Crippen molar-refractivity contribution in [3.8, 4) is 0 Å². The molecule has 2 N–H and O–H groups in total. The van der Waals surface area contributed by atoms with Crippen LogP contribution in [0.1, 0.15) is 23.2 Å². The summed E-state index contributed by atoms with van der Waals surface area (Å²) < 4.78 is 6.13. The van der Waals surface area contributed by atoms with Crippen LogP contribution in [-0.4, -0.2) is 32.1 Å². The fourth-order valence-corrected chi connectivity index (χ4v) is 3.60. The van der Waals surface area contributed by atoms with Crippen LogP contribution in [-0.2, 0) is 9.53 Å². The van der Waals surface area contributed by atoms with Gasteiger partial charge in [-0.15, -0.1) is 0 Å². The summed E-state index contributed by atoms with van der Waals surface area (Å²) in [5.41, 5.74) is 0.761. The quantitative estimate of drug-likeness (QED) is 0.739. The molecule has 0 spiro atoms. The highest BCUT2D eigenvalue weighted by molar-refractivity contribution is 9.11. The van der Waals surface area contributed by atoms with Gasteiger partial charge in [0.15, 0.2) is 0 Å². The van der Waals surface area contributed by atoms with Gasteiger partial charge < -0.3 is 15.4 Å². The van der Waals surface area contributed by atoms with Crippen LogP contribution in [0.25, 0.3) is 0 Å². The summed E-state index contributed by atoms with van der Waals surface area (Å²) in [6.07, 6.45) is 1.82. The molecule has 7 heteroatoms. The van der Waals surface area contributed by atoms with Crippen LogP contribution in [0.4, 0.5) is 5.69 Å². The molecule has 21 heavy (non-hydrogen) atoms. The zero-order valence-corrected chi connectivity index (χ0v) is 14.7. The van der Waals surface area contributed by atoms with Gasteiger partial charge in [-0.1, -0.05) is 15.9 Å². The van der Waals surface area contributed by atoms with Crippen molar-refractivity contribution in [2.45, 2.75) is 12.8 Å². The van der Waals surface area contributed by atoms with Crippen molar-refractivity contribution in [2.24, 2.45) is 5.92 Å². The van der Waals surface area contributed by atoms with E-state index in [-0.39, 0.29) is 11.8 Å². The van der Waals surface area contributed by atoms with Gasteiger partial charge in [-0.05, 0) is 47.4 Å². The summed E-state index contributed by atoms with van der Waals surface area (Å²) in [5, 5.41) is 6.05. The maximum Gasteiger partial charge on any atom is 0.340 e. The fraction of sp³-hybridized carbons (Fsp3) is 0.429. The molecule has 1 aromatic carbocycles. The minimum atomic E-state index is -0.492. The Morgan fingerprint density at radius 3 is 2.76 bits per heavy atom. The SMILES string of the molecule is COC(=O)c1cc(Br)cc(Br)c1NC(=O)C1CCCNC1. The predicted molar refractivity (Wildman–Crippen MR) is 87.4 cm³/mol. The Hall–Kier alpha value is -0.920. The van der Waals surface area contributed by atoms with Gasteiger partial charge in [0, 0.05) is 15.5 Å². The first-order valence-electron chi connectivity index (χ1n) is 6.62. The molecule has 2 rings (SSSR count). The van der Waals surface area contributed by atoms with E-state index in [4.69, 9.17) is 4.74 Å². The number of esters is 1. The third-order valence-corrected chi connectivity index (χ3v) is 4.46. The van der Waals surface area contributed by atoms with Crippen LogP contribution < -0.4 is 10.6 Å². The number of hydrogen-bond acceptors (Lipinski definition) is 4. The second-order valence-corrected chi connectivity index (χ2v) is 6.60. The smallest absolute Gasteiger partial charge is 0.340 e. The number of halogens is 2. The summed E-state index contributed by atoms with van der Waals surface area (Å²) in [6, 6.07) is 3.41. The van der Waals surface area contributed by atoms with Crippen molar-refractivity contribution in [3.63, 3.8) is 0 Å². The van der Waals surface area contributed by atoms with Gasteiger partial charge in [0.05, 0.1) is 24.3 Å². The van der Waals surface area contributed by atoms with Gasteiger partial charge in [-0.25, -0.2) is 4.79 Å². The molecule has 1 unspecified atom stereocenters. The average Bonchev–Trinajstić information content (AvgIpc) is 2.49. The molecule has 114 valence electrons. The highest BCUT2D eigenvalue weighted by Gasteiger charge is 2.24. The van der Waals surface area contributed by atoms with Gasteiger partial charge in [0.1, 0.15) is 0 Å². The molecule has 0 aromatic heterocycles. The number of nitrogens with one attached hydrogen (secondary N) is 2. The van der Waals surface area contributed by atoms with Gasteiger partial charge in [-0.2, -0.15) is 0 Å². The van der Waals surface area contributed by atoms with E-state index in [9.17, 15) is 9.59 Å². The van der Waals surface area contributed by atoms with Gasteiger partial charge in [-0.3, -0.25) is 4.79 Å². The van der Waals surface area contributed by atoms with Crippen LogP contribution >= 0.6 is 31.9 Å². The lowest BCUT2D eigenvalue weighted by Gasteiger charge is -2.22. The standard InChI is InChI=1S/C14H16Br2N2O3/c1-21-14(20)10-5-9(15)6-11(16)12(10)18-13(19)8-3-2-4-17-7-8/h5-6,8,17H,2-4,7H2,1H3,(H,18,19). The lowest BCUT2D eigenvalue weighted by molar-refractivity contribution is -0.120. The highest BCUT2D eigenvalue weighted by atomic mass is 79.9. The largest absolute Gasteiger partial charge is 0.465 e. The molecule has 1 aromatic rings. The molecule has 1 amide bonds. The van der Waals surface area contributed by atoms with Crippen molar-refractivity contribution in [3.05, 3.63) is 26.6 Å². The lowest BCUT2D eigenvalue weighted by atomic mass is 9.98. The minimum absolute atomic E-state index is 0.0835. The lowest BCUT2D eigenvalue weighted by Crippen LogP contribution is -2.37. The van der Waals surface area contributed by atoms with E-state index < -0.39 is 5.97 Å². The molecule has 0 radical (unpaired) electrons. The molecule has 1 atom stereocenters. The number of carbonyl (C=O) groups is 2. The summed E-state index contributed by atoms with van der Waals surface area (Å²) in [5.74, 6) is -0.663. The number of methoxy groups -OCH3 is 1.